The minimum Gasteiger partial charge on any atom is -0.463 e. The van der Waals surface area contributed by atoms with E-state index in [9.17, 15) is 4.79 Å². The lowest BCUT2D eigenvalue weighted by Crippen LogP contribution is -2.23. The van der Waals surface area contributed by atoms with Crippen LogP contribution in [0.2, 0.25) is 0 Å². The summed E-state index contributed by atoms with van der Waals surface area (Å²) < 4.78 is 7.37. The summed E-state index contributed by atoms with van der Waals surface area (Å²) in [7, 11) is 0. The highest BCUT2D eigenvalue weighted by Crippen LogP contribution is 2.20. The molecule has 0 fully saturated rings. The van der Waals surface area contributed by atoms with Crippen LogP contribution in [0.3, 0.4) is 0 Å². The van der Waals surface area contributed by atoms with Crippen LogP contribution in [0.5, 0.6) is 0 Å². The summed E-state index contributed by atoms with van der Waals surface area (Å²) in [5, 5.41) is 2.88. The Morgan fingerprint density at radius 3 is 2.50 bits per heavy atom. The zero-order chi connectivity index (χ0) is 17.8. The molecule has 0 saturated heterocycles. The third kappa shape index (κ3) is 3.25. The first-order valence-corrected chi connectivity index (χ1v) is 8.16. The first kappa shape index (κ1) is 15.8. The third-order valence-corrected chi connectivity index (χ3v) is 3.98. The summed E-state index contributed by atoms with van der Waals surface area (Å²) in [6.45, 7) is 0.266. The molecule has 1 amide bonds. The quantitative estimate of drug-likeness (QED) is 0.602. The Labute approximate surface area is 150 Å². The third-order valence-electron chi connectivity index (χ3n) is 3.98. The molecule has 1 N–H and O–H groups in total. The number of rotatable bonds is 5. The van der Waals surface area contributed by atoms with Crippen LogP contribution in [0.1, 0.15) is 16.1 Å². The van der Waals surface area contributed by atoms with Crippen molar-refractivity contribution in [1.82, 2.24) is 19.9 Å². The SMILES string of the molecule is O=C(NCc1nccnc1-c1ccco1)c1ccc(-n2cccc2)cc1. The van der Waals surface area contributed by atoms with Crippen molar-refractivity contribution in [1.29, 1.82) is 0 Å². The average Bonchev–Trinajstić information content (AvgIpc) is 3.40. The van der Waals surface area contributed by atoms with Crippen molar-refractivity contribution < 1.29 is 9.21 Å². The summed E-state index contributed by atoms with van der Waals surface area (Å²) >= 11 is 0. The lowest BCUT2D eigenvalue weighted by molar-refractivity contribution is 0.0950. The molecule has 3 heterocycles. The molecule has 3 aromatic heterocycles. The Kier molecular flexibility index (Phi) is 4.30. The van der Waals surface area contributed by atoms with E-state index in [2.05, 4.69) is 15.3 Å². The van der Waals surface area contributed by atoms with Crippen molar-refractivity contribution in [2.24, 2.45) is 0 Å². The van der Waals surface area contributed by atoms with E-state index in [1.165, 1.54) is 0 Å². The molecule has 1 aromatic carbocycles. The first-order valence-electron chi connectivity index (χ1n) is 8.16. The number of carbonyl (C=O) groups excluding carboxylic acids is 1. The number of amides is 1. The highest BCUT2D eigenvalue weighted by Gasteiger charge is 2.12. The molecule has 6 nitrogen and oxygen atoms in total. The van der Waals surface area contributed by atoms with Crippen LogP contribution in [-0.2, 0) is 6.54 Å². The van der Waals surface area contributed by atoms with Gasteiger partial charge in [0, 0.05) is 36.0 Å². The zero-order valence-corrected chi connectivity index (χ0v) is 13.9. The van der Waals surface area contributed by atoms with E-state index >= 15 is 0 Å². The standard InChI is InChI=1S/C20H16N4O2/c25-20(15-5-7-16(8-6-15)24-11-1-2-12-24)23-14-17-19(22-10-9-21-17)18-4-3-13-26-18/h1-13H,14H2,(H,23,25). The van der Waals surface area contributed by atoms with Gasteiger partial charge in [-0.1, -0.05) is 0 Å². The summed E-state index contributed by atoms with van der Waals surface area (Å²) in [4.78, 5) is 21.0. The molecular formula is C20H16N4O2. The highest BCUT2D eigenvalue weighted by atomic mass is 16.3. The smallest absolute Gasteiger partial charge is 0.251 e. The Bertz CT molecular complexity index is 991. The monoisotopic (exact) mass is 344 g/mol. The van der Waals surface area contributed by atoms with Gasteiger partial charge in [0.15, 0.2) is 5.76 Å². The maximum Gasteiger partial charge on any atom is 0.251 e. The van der Waals surface area contributed by atoms with Crippen LogP contribution in [0.25, 0.3) is 17.1 Å². The molecule has 6 heteroatoms. The van der Waals surface area contributed by atoms with E-state index in [4.69, 9.17) is 4.42 Å². The normalized spacial score (nSPS) is 10.6. The second-order valence-corrected chi connectivity index (χ2v) is 5.65. The topological polar surface area (TPSA) is 73.0 Å². The van der Waals surface area contributed by atoms with Crippen LogP contribution in [0, 0.1) is 0 Å². The molecule has 128 valence electrons. The summed E-state index contributed by atoms with van der Waals surface area (Å²) in [5.41, 5.74) is 2.87. The zero-order valence-electron chi connectivity index (χ0n) is 13.9. The molecule has 4 rings (SSSR count). The van der Waals surface area contributed by atoms with Crippen molar-refractivity contribution in [2.45, 2.75) is 6.54 Å². The Balaban J connectivity index is 1.46. The molecule has 0 unspecified atom stereocenters. The number of furan rings is 1. The van der Waals surface area contributed by atoms with E-state index in [0.29, 0.717) is 22.7 Å². The van der Waals surface area contributed by atoms with E-state index in [-0.39, 0.29) is 12.5 Å². The summed E-state index contributed by atoms with van der Waals surface area (Å²) in [5.74, 6) is 0.457. The van der Waals surface area contributed by atoms with Crippen molar-refractivity contribution in [3.05, 3.63) is 90.8 Å². The van der Waals surface area contributed by atoms with Crippen LogP contribution >= 0.6 is 0 Å². The number of carbonyl (C=O) groups is 1. The summed E-state index contributed by atoms with van der Waals surface area (Å²) in [6.07, 6.45) is 8.69. The molecule has 0 spiro atoms. The van der Waals surface area contributed by atoms with Gasteiger partial charge in [-0.05, 0) is 48.5 Å². The Morgan fingerprint density at radius 2 is 1.77 bits per heavy atom. The van der Waals surface area contributed by atoms with Gasteiger partial charge in [0.2, 0.25) is 0 Å². The largest absolute Gasteiger partial charge is 0.463 e. The van der Waals surface area contributed by atoms with Gasteiger partial charge in [0.25, 0.3) is 5.91 Å². The Hall–Kier alpha value is -3.67. The van der Waals surface area contributed by atoms with Crippen molar-refractivity contribution >= 4 is 5.91 Å². The van der Waals surface area contributed by atoms with Crippen molar-refractivity contribution in [2.75, 3.05) is 0 Å². The fourth-order valence-electron chi connectivity index (χ4n) is 2.67. The van der Waals surface area contributed by atoms with E-state index in [0.717, 1.165) is 5.69 Å². The summed E-state index contributed by atoms with van der Waals surface area (Å²) in [6, 6.07) is 14.9. The van der Waals surface area contributed by atoms with Gasteiger partial charge in [-0.15, -0.1) is 0 Å². The highest BCUT2D eigenvalue weighted by molar-refractivity contribution is 5.94. The number of nitrogens with zero attached hydrogens (tertiary/aromatic N) is 3. The molecule has 0 aliphatic carbocycles. The van der Waals surface area contributed by atoms with E-state index in [1.807, 2.05) is 47.3 Å². The van der Waals surface area contributed by atoms with Gasteiger partial charge in [-0.3, -0.25) is 9.78 Å². The molecule has 0 saturated carbocycles. The lowest BCUT2D eigenvalue weighted by Gasteiger charge is -2.08. The fraction of sp³-hybridized carbons (Fsp3) is 0.0500. The Morgan fingerprint density at radius 1 is 1.00 bits per heavy atom. The predicted octanol–water partition coefficient (Wildman–Crippen LogP) is 3.46. The second kappa shape index (κ2) is 7.06. The number of hydrogen-bond acceptors (Lipinski definition) is 4. The molecule has 0 atom stereocenters. The fourth-order valence-corrected chi connectivity index (χ4v) is 2.67. The van der Waals surface area contributed by atoms with E-state index < -0.39 is 0 Å². The van der Waals surface area contributed by atoms with Crippen LogP contribution in [0.15, 0.2) is 84.0 Å². The minimum atomic E-state index is -0.167. The molecule has 0 aliphatic rings. The number of hydrogen-bond donors (Lipinski definition) is 1. The van der Waals surface area contributed by atoms with Gasteiger partial charge in [0.05, 0.1) is 18.5 Å². The van der Waals surface area contributed by atoms with Gasteiger partial charge < -0.3 is 14.3 Å². The number of benzene rings is 1. The van der Waals surface area contributed by atoms with Crippen LogP contribution < -0.4 is 5.32 Å². The van der Waals surface area contributed by atoms with Crippen molar-refractivity contribution in [3.8, 4) is 17.1 Å². The second-order valence-electron chi connectivity index (χ2n) is 5.65. The lowest BCUT2D eigenvalue weighted by atomic mass is 10.2. The number of aromatic nitrogens is 3. The van der Waals surface area contributed by atoms with E-state index in [1.54, 1.807) is 36.9 Å². The van der Waals surface area contributed by atoms with Gasteiger partial charge in [-0.25, -0.2) is 4.98 Å². The number of nitrogens with one attached hydrogen (secondary N) is 1. The average molecular weight is 344 g/mol. The first-order chi connectivity index (χ1) is 12.8. The molecule has 0 bridgehead atoms. The van der Waals surface area contributed by atoms with Gasteiger partial charge in [-0.2, -0.15) is 0 Å². The molecule has 0 radical (unpaired) electrons. The molecule has 26 heavy (non-hydrogen) atoms. The van der Waals surface area contributed by atoms with Gasteiger partial charge >= 0.3 is 0 Å². The van der Waals surface area contributed by atoms with Crippen molar-refractivity contribution in [3.63, 3.8) is 0 Å². The molecule has 0 aliphatic heterocycles. The minimum absolute atomic E-state index is 0.167. The van der Waals surface area contributed by atoms with Crippen LogP contribution in [-0.4, -0.2) is 20.4 Å². The molecule has 4 aromatic rings. The van der Waals surface area contributed by atoms with Gasteiger partial charge in [0.1, 0.15) is 5.69 Å². The maximum absolute atomic E-state index is 12.4. The van der Waals surface area contributed by atoms with Crippen LogP contribution in [0.4, 0.5) is 0 Å². The predicted molar refractivity (Wildman–Crippen MR) is 96.7 cm³/mol. The maximum atomic E-state index is 12.4. The molecular weight excluding hydrogens is 328 g/mol.